The number of hydrogen-bond donors (Lipinski definition) is 2. The molecule has 1 aromatic rings. The minimum Gasteiger partial charge on any atom is -0.467 e. The summed E-state index contributed by atoms with van der Waals surface area (Å²) >= 11 is 0. The number of amides is 1. The standard InChI is InChI=1S/C30H40N2O5/c1-29-15-13-21(32-37-18-26(34)31-27(28(35)36-3)19-7-5-4-6-8-19)17-20(29)9-10-22-23-11-12-25(33)30(23,2)16-14-24(22)29/h4-8,17,22-25,27,33H,9-16,18H2,1-3H3,(H,31,34)/b32-21-/t22?,23?,24?,25?,27?,29-,30-/m0/s1. The number of aliphatic hydroxyl groups is 1. The molecule has 1 amide bonds. The van der Waals surface area contributed by atoms with E-state index in [4.69, 9.17) is 9.57 Å². The lowest BCUT2D eigenvalue weighted by Gasteiger charge is -2.57. The SMILES string of the molecule is COC(=O)C(NC(=O)CO/N=C1\C=C2CCC3C4CCC(O)[C@@]4(C)CCC3[C@@]2(C)CC1)c1ccccc1. The summed E-state index contributed by atoms with van der Waals surface area (Å²) in [6, 6.07) is 8.11. The van der Waals surface area contributed by atoms with Gasteiger partial charge in [0.05, 0.1) is 18.9 Å². The molecule has 0 radical (unpaired) electrons. The molecule has 7 heteroatoms. The van der Waals surface area contributed by atoms with Crippen LogP contribution in [0.2, 0.25) is 0 Å². The highest BCUT2D eigenvalue weighted by molar-refractivity contribution is 5.96. The van der Waals surface area contributed by atoms with Gasteiger partial charge in [0, 0.05) is 0 Å². The molecule has 7 atom stereocenters. The van der Waals surface area contributed by atoms with Crippen molar-refractivity contribution >= 4 is 17.6 Å². The summed E-state index contributed by atoms with van der Waals surface area (Å²) < 4.78 is 4.86. The first-order chi connectivity index (χ1) is 17.8. The van der Waals surface area contributed by atoms with Crippen molar-refractivity contribution in [2.45, 2.75) is 77.4 Å². The van der Waals surface area contributed by atoms with Crippen molar-refractivity contribution in [3.8, 4) is 0 Å². The lowest BCUT2D eigenvalue weighted by molar-refractivity contribution is -0.145. The van der Waals surface area contributed by atoms with E-state index in [9.17, 15) is 14.7 Å². The van der Waals surface area contributed by atoms with Crippen molar-refractivity contribution in [1.29, 1.82) is 0 Å². The van der Waals surface area contributed by atoms with Crippen LogP contribution in [0.3, 0.4) is 0 Å². The molecule has 2 N–H and O–H groups in total. The number of ether oxygens (including phenoxy) is 1. The third-order valence-corrected chi connectivity index (χ3v) is 10.2. The number of aliphatic hydroxyl groups excluding tert-OH is 1. The van der Waals surface area contributed by atoms with E-state index in [-0.39, 0.29) is 23.5 Å². The van der Waals surface area contributed by atoms with Crippen LogP contribution in [-0.2, 0) is 19.2 Å². The van der Waals surface area contributed by atoms with Gasteiger partial charge in [0.15, 0.2) is 12.6 Å². The van der Waals surface area contributed by atoms with Crippen molar-refractivity contribution in [2.24, 2.45) is 33.7 Å². The Morgan fingerprint density at radius 3 is 2.62 bits per heavy atom. The summed E-state index contributed by atoms with van der Waals surface area (Å²) in [5.74, 6) is 1.04. The fourth-order valence-corrected chi connectivity index (χ4v) is 8.03. The van der Waals surface area contributed by atoms with E-state index >= 15 is 0 Å². The van der Waals surface area contributed by atoms with E-state index < -0.39 is 17.9 Å². The van der Waals surface area contributed by atoms with Crippen LogP contribution in [0.1, 0.15) is 76.8 Å². The maximum Gasteiger partial charge on any atom is 0.333 e. The summed E-state index contributed by atoms with van der Waals surface area (Å²) in [6.45, 7) is 4.49. The molecule has 7 nitrogen and oxygen atoms in total. The Morgan fingerprint density at radius 1 is 1.08 bits per heavy atom. The number of hydrogen-bond acceptors (Lipinski definition) is 6. The quantitative estimate of drug-likeness (QED) is 0.428. The maximum absolute atomic E-state index is 12.5. The molecule has 0 heterocycles. The third-order valence-electron chi connectivity index (χ3n) is 10.2. The molecule has 37 heavy (non-hydrogen) atoms. The number of nitrogens with one attached hydrogen (secondary N) is 1. The van der Waals surface area contributed by atoms with Gasteiger partial charge in [-0.1, -0.05) is 54.9 Å². The van der Waals surface area contributed by atoms with Gasteiger partial charge in [0.25, 0.3) is 5.91 Å². The van der Waals surface area contributed by atoms with Gasteiger partial charge in [-0.15, -0.1) is 0 Å². The highest BCUT2D eigenvalue weighted by Gasteiger charge is 2.58. The van der Waals surface area contributed by atoms with Gasteiger partial charge >= 0.3 is 5.97 Å². The average molecular weight is 509 g/mol. The molecule has 200 valence electrons. The molecular formula is C30H40N2O5. The highest BCUT2D eigenvalue weighted by Crippen LogP contribution is 2.65. The third kappa shape index (κ3) is 4.71. The zero-order valence-electron chi connectivity index (χ0n) is 22.2. The van der Waals surface area contributed by atoms with E-state index in [0.29, 0.717) is 23.3 Å². The van der Waals surface area contributed by atoms with Crippen LogP contribution in [0, 0.1) is 28.6 Å². The van der Waals surface area contributed by atoms with Crippen LogP contribution < -0.4 is 5.32 Å². The van der Waals surface area contributed by atoms with Gasteiger partial charge in [0.1, 0.15) is 0 Å². The molecule has 5 unspecified atom stereocenters. The topological polar surface area (TPSA) is 97.2 Å². The number of nitrogens with zero attached hydrogens (tertiary/aromatic N) is 1. The molecular weight excluding hydrogens is 468 g/mol. The molecule has 0 aromatic heterocycles. The number of methoxy groups -OCH3 is 1. The molecule has 1 aromatic carbocycles. The zero-order chi connectivity index (χ0) is 26.2. The second kappa shape index (κ2) is 10.2. The van der Waals surface area contributed by atoms with Crippen molar-refractivity contribution in [3.63, 3.8) is 0 Å². The number of carbonyl (C=O) groups excluding carboxylic acids is 2. The first-order valence-electron chi connectivity index (χ1n) is 13.8. The number of fused-ring (bicyclic) bond motifs is 5. The smallest absolute Gasteiger partial charge is 0.333 e. The van der Waals surface area contributed by atoms with Crippen LogP contribution >= 0.6 is 0 Å². The number of rotatable bonds is 6. The summed E-state index contributed by atoms with van der Waals surface area (Å²) in [5.41, 5.74) is 3.27. The first kappa shape index (κ1) is 26.0. The molecule has 0 bridgehead atoms. The summed E-state index contributed by atoms with van der Waals surface area (Å²) in [4.78, 5) is 30.2. The Hall–Kier alpha value is -2.67. The predicted octanol–water partition coefficient (Wildman–Crippen LogP) is 4.71. The van der Waals surface area contributed by atoms with Gasteiger partial charge < -0.3 is 20.0 Å². The largest absolute Gasteiger partial charge is 0.467 e. The van der Waals surface area contributed by atoms with Gasteiger partial charge in [-0.05, 0) is 91.6 Å². The Labute approximate surface area is 219 Å². The fraction of sp³-hybridized carbons (Fsp3) is 0.633. The van der Waals surface area contributed by atoms with Crippen LogP contribution in [0.4, 0.5) is 0 Å². The molecule has 4 aliphatic carbocycles. The highest BCUT2D eigenvalue weighted by atomic mass is 16.6. The number of oxime groups is 1. The van der Waals surface area contributed by atoms with E-state index in [1.54, 1.807) is 24.3 Å². The van der Waals surface area contributed by atoms with Crippen LogP contribution in [0.15, 0.2) is 47.1 Å². The van der Waals surface area contributed by atoms with E-state index in [0.717, 1.165) is 44.2 Å². The van der Waals surface area contributed by atoms with Gasteiger partial charge in [0.2, 0.25) is 0 Å². The molecule has 4 aliphatic rings. The second-order valence-electron chi connectivity index (χ2n) is 11.9. The summed E-state index contributed by atoms with van der Waals surface area (Å²) in [6.07, 6.45) is 10.6. The average Bonchev–Trinajstić information content (AvgIpc) is 3.21. The predicted molar refractivity (Wildman–Crippen MR) is 140 cm³/mol. The van der Waals surface area contributed by atoms with Gasteiger partial charge in [-0.3, -0.25) is 4.79 Å². The normalized spacial score (nSPS) is 36.4. The van der Waals surface area contributed by atoms with Crippen molar-refractivity contribution in [1.82, 2.24) is 5.32 Å². The van der Waals surface area contributed by atoms with Crippen LogP contribution in [0.25, 0.3) is 0 Å². The Balaban J connectivity index is 1.21. The minimum absolute atomic E-state index is 0.0990. The fourth-order valence-electron chi connectivity index (χ4n) is 8.03. The maximum atomic E-state index is 12.5. The van der Waals surface area contributed by atoms with Crippen LogP contribution in [0.5, 0.6) is 0 Å². The van der Waals surface area contributed by atoms with Gasteiger partial charge in [-0.2, -0.15) is 0 Å². The van der Waals surface area contributed by atoms with Gasteiger partial charge in [-0.25, -0.2) is 4.79 Å². The molecule has 3 saturated carbocycles. The lowest BCUT2D eigenvalue weighted by Crippen LogP contribution is -2.51. The molecule has 3 fully saturated rings. The Bertz CT molecular complexity index is 1080. The summed E-state index contributed by atoms with van der Waals surface area (Å²) in [5, 5.41) is 17.7. The molecule has 5 rings (SSSR count). The van der Waals surface area contributed by atoms with E-state index in [2.05, 4.69) is 30.4 Å². The number of benzene rings is 1. The lowest BCUT2D eigenvalue weighted by atomic mass is 9.47. The monoisotopic (exact) mass is 508 g/mol. The van der Waals surface area contributed by atoms with Crippen molar-refractivity contribution < 1.29 is 24.3 Å². The summed E-state index contributed by atoms with van der Waals surface area (Å²) in [7, 11) is 1.30. The number of carbonyl (C=O) groups is 2. The molecule has 0 spiro atoms. The minimum atomic E-state index is -0.888. The van der Waals surface area contributed by atoms with Crippen molar-refractivity contribution in [3.05, 3.63) is 47.5 Å². The van der Waals surface area contributed by atoms with E-state index in [1.807, 2.05) is 6.07 Å². The number of allylic oxidation sites excluding steroid dienone is 2. The van der Waals surface area contributed by atoms with E-state index in [1.165, 1.54) is 25.5 Å². The van der Waals surface area contributed by atoms with Crippen molar-refractivity contribution in [2.75, 3.05) is 13.7 Å². The Morgan fingerprint density at radius 2 is 1.86 bits per heavy atom. The molecule has 0 aliphatic heterocycles. The first-order valence-corrected chi connectivity index (χ1v) is 13.8. The second-order valence-corrected chi connectivity index (χ2v) is 11.9. The molecule has 0 saturated heterocycles. The van der Waals surface area contributed by atoms with Crippen LogP contribution in [-0.4, -0.2) is 42.5 Å². The Kier molecular flexibility index (Phi) is 7.18. The number of esters is 1. The zero-order valence-corrected chi connectivity index (χ0v) is 22.2.